The molecule has 0 saturated heterocycles. The number of rotatable bonds is 0. The van der Waals surface area contributed by atoms with Crippen molar-refractivity contribution >= 4 is 0 Å². The molecule has 2 nitrogen and oxygen atoms in total. The summed E-state index contributed by atoms with van der Waals surface area (Å²) < 4.78 is 0. The van der Waals surface area contributed by atoms with Gasteiger partial charge in [-0.15, -0.1) is 13.2 Å². The molecular formula is C2H6N2. The molecule has 0 unspecified atom stereocenters. The molecule has 2 N–H and O–H groups in total. The van der Waals surface area contributed by atoms with Crippen molar-refractivity contribution in [1.82, 2.24) is 0 Å². The maximum atomic E-state index is 5.00. The van der Waals surface area contributed by atoms with Crippen LogP contribution in [0.4, 0.5) is 0 Å². The van der Waals surface area contributed by atoms with Crippen LogP contribution in [0.25, 0.3) is 0 Å². The van der Waals surface area contributed by atoms with Crippen molar-refractivity contribution in [2.75, 3.05) is 0 Å². The minimum absolute atomic E-state index is 3.00. The molecule has 0 aromatic rings. The van der Waals surface area contributed by atoms with Crippen LogP contribution in [0.1, 0.15) is 0 Å². The lowest BCUT2D eigenvalue weighted by molar-refractivity contribution is 1.05. The van der Waals surface area contributed by atoms with Gasteiger partial charge in [-0.2, -0.15) is 0 Å². The predicted molar refractivity (Wildman–Crippen MR) is 16.7 cm³/mol. The van der Waals surface area contributed by atoms with Gasteiger partial charge < -0.3 is 0 Å². The summed E-state index contributed by atoms with van der Waals surface area (Å²) in [5.74, 6) is 0. The molecule has 0 atom stereocenters. The van der Waals surface area contributed by atoms with Gasteiger partial charge in [0.25, 0.3) is 0 Å². The lowest BCUT2D eigenvalue weighted by atomic mass is 11.3. The summed E-state index contributed by atoms with van der Waals surface area (Å²) in [5.41, 5.74) is 10.0. The minimum Gasteiger partial charge on any atom is -0.213 e. The van der Waals surface area contributed by atoms with Crippen molar-refractivity contribution in [3.05, 3.63) is 13.2 Å². The zero-order valence-electron chi connectivity index (χ0n) is 2.41. The molecular weight excluding hydrogens is 52.0 g/mol. The van der Waals surface area contributed by atoms with Crippen molar-refractivity contribution in [2.24, 2.45) is 0 Å². The standard InChI is InChI=1S/C2H4.H2N2/c2*1-2/h1-2H2;1-2H. The highest BCUT2D eigenvalue weighted by atomic mass is 14.7. The fraction of sp³-hybridized carbons (Fsp3) is 0. The first-order chi connectivity index (χ1) is 2.00. The molecule has 24 valence electrons. The highest BCUT2D eigenvalue weighted by molar-refractivity contribution is 4.22. The van der Waals surface area contributed by atoms with Crippen LogP contribution in [-0.4, -0.2) is 0 Å². The van der Waals surface area contributed by atoms with Crippen LogP contribution < -0.4 is 0 Å². The molecule has 0 aliphatic heterocycles. The highest BCUT2D eigenvalue weighted by Crippen LogP contribution is 0.862. The lowest BCUT2D eigenvalue weighted by Crippen LogP contribution is -0.623. The molecule has 0 aliphatic carbocycles. The van der Waals surface area contributed by atoms with Gasteiger partial charge in [0, 0.05) is 0 Å². The van der Waals surface area contributed by atoms with Crippen molar-refractivity contribution in [1.29, 1.82) is 11.1 Å². The van der Waals surface area contributed by atoms with E-state index in [-0.39, 0.29) is 0 Å². The fourth-order valence-corrected chi connectivity index (χ4v) is 0. The third-order valence-corrected chi connectivity index (χ3v) is 0. The predicted octanol–water partition coefficient (Wildman–Crippen LogP) is 1.40. The number of hydrogen-bond acceptors (Lipinski definition) is 2. The van der Waals surface area contributed by atoms with Crippen LogP contribution in [0.2, 0.25) is 0 Å². The summed E-state index contributed by atoms with van der Waals surface area (Å²) in [6.07, 6.45) is 0. The Bertz CT molecular complexity index is 6.00. The molecule has 2 heteroatoms. The Kier molecular flexibility index (Phi) is 24.6. The third-order valence-electron chi connectivity index (χ3n) is 0. The molecule has 0 bridgehead atoms. The van der Waals surface area contributed by atoms with E-state index in [0.29, 0.717) is 0 Å². The van der Waals surface area contributed by atoms with Crippen LogP contribution >= 0.6 is 0 Å². The van der Waals surface area contributed by atoms with Gasteiger partial charge in [-0.3, -0.25) is 0 Å². The molecule has 0 rings (SSSR count). The Morgan fingerprint density at radius 1 is 1.00 bits per heavy atom. The summed E-state index contributed by atoms with van der Waals surface area (Å²) in [4.78, 5) is 0. The minimum atomic E-state index is 3.00. The van der Waals surface area contributed by atoms with E-state index < -0.39 is 0 Å². The normalized spacial score (nSPS) is 2.00. The average molecular weight is 58.1 g/mol. The molecule has 0 aromatic carbocycles. The first kappa shape index (κ1) is 10.2. The highest BCUT2D eigenvalue weighted by Gasteiger charge is 0.601. The topological polar surface area (TPSA) is 47.7 Å². The van der Waals surface area contributed by atoms with Crippen molar-refractivity contribution in [3.8, 4) is 0 Å². The van der Waals surface area contributed by atoms with E-state index in [9.17, 15) is 0 Å². The Hall–Kier alpha value is -0.660. The van der Waals surface area contributed by atoms with Gasteiger partial charge in [0.15, 0.2) is 0 Å². The quantitative estimate of drug-likeness (QED) is 0.312. The van der Waals surface area contributed by atoms with Crippen LogP contribution in [0.3, 0.4) is 0 Å². The van der Waals surface area contributed by atoms with Gasteiger partial charge in [0.2, 0.25) is 0 Å². The molecule has 4 heavy (non-hydrogen) atoms. The van der Waals surface area contributed by atoms with E-state index in [1.807, 2.05) is 0 Å². The van der Waals surface area contributed by atoms with Gasteiger partial charge in [-0.05, 0) is 0 Å². The van der Waals surface area contributed by atoms with E-state index in [0.717, 1.165) is 0 Å². The summed E-state index contributed by atoms with van der Waals surface area (Å²) in [7, 11) is 0. The Labute approximate surface area is 25.4 Å². The van der Waals surface area contributed by atoms with Crippen LogP contribution in [0.5, 0.6) is 0 Å². The van der Waals surface area contributed by atoms with E-state index in [1.54, 1.807) is 0 Å². The summed E-state index contributed by atoms with van der Waals surface area (Å²) in [6, 6.07) is 0. The van der Waals surface area contributed by atoms with Crippen molar-refractivity contribution in [2.45, 2.75) is 0 Å². The second-order valence-electron chi connectivity index (χ2n) is 0. The van der Waals surface area contributed by atoms with E-state index in [1.165, 1.54) is 0 Å². The second kappa shape index (κ2) is 9.65. The van der Waals surface area contributed by atoms with Crippen LogP contribution in [0, 0.1) is 11.1 Å². The van der Waals surface area contributed by atoms with Gasteiger partial charge in [0.1, 0.15) is 0 Å². The van der Waals surface area contributed by atoms with Crippen molar-refractivity contribution in [3.63, 3.8) is 0 Å². The van der Waals surface area contributed by atoms with E-state index in [2.05, 4.69) is 13.2 Å². The number of hydrogen-bond donors (Lipinski definition) is 2. The monoisotopic (exact) mass is 58.1 g/mol. The summed E-state index contributed by atoms with van der Waals surface area (Å²) >= 11 is 0. The second-order valence-corrected chi connectivity index (χ2v) is 0. The zero-order valence-corrected chi connectivity index (χ0v) is 2.41. The van der Waals surface area contributed by atoms with Gasteiger partial charge in [0.05, 0.1) is 0 Å². The third kappa shape index (κ3) is 0.356. The van der Waals surface area contributed by atoms with Crippen LogP contribution in [-0.2, 0) is 0 Å². The van der Waals surface area contributed by atoms with Crippen LogP contribution in [0.15, 0.2) is 13.2 Å². The van der Waals surface area contributed by atoms with E-state index >= 15 is 0 Å². The molecule has 0 spiro atoms. The molecule has 0 radical (unpaired) electrons. The Balaban J connectivity index is 0. The zero-order chi connectivity index (χ0) is 4.00. The summed E-state index contributed by atoms with van der Waals surface area (Å²) in [6.45, 7) is 6.00. The van der Waals surface area contributed by atoms with E-state index in [4.69, 9.17) is 11.1 Å². The molecule has 0 aliphatic rings. The smallest absolute Gasteiger partial charge is 0.106 e. The lowest BCUT2D eigenvalue weighted by Gasteiger charge is -0.920. The Morgan fingerprint density at radius 3 is 1.00 bits per heavy atom. The molecule has 0 saturated carbocycles. The molecule has 0 amide bonds. The first-order valence-corrected chi connectivity index (χ1v) is 0.750. The molecule has 0 aromatic heterocycles. The van der Waals surface area contributed by atoms with Crippen molar-refractivity contribution < 1.29 is 0 Å². The first-order valence-electron chi connectivity index (χ1n) is 0.750. The van der Waals surface area contributed by atoms with Gasteiger partial charge in [-0.25, -0.2) is 11.1 Å². The number of nitrogens with one attached hydrogen (secondary N) is 2. The molecule has 0 fully saturated rings. The molecule has 0 heterocycles. The SMILES string of the molecule is C=C.N=N. The van der Waals surface area contributed by atoms with Gasteiger partial charge >= 0.3 is 0 Å². The van der Waals surface area contributed by atoms with Gasteiger partial charge in [-0.1, -0.05) is 0 Å². The average Bonchev–Trinajstić information content (AvgIpc) is 1.50. The Morgan fingerprint density at radius 2 is 1.00 bits per heavy atom. The largest absolute Gasteiger partial charge is 0.213 e. The summed E-state index contributed by atoms with van der Waals surface area (Å²) in [5, 5.41) is 0. The maximum absolute atomic E-state index is 5.00. The fourth-order valence-electron chi connectivity index (χ4n) is 0. The maximum Gasteiger partial charge on any atom is -0.106 e.